The SMILES string of the molecule is CO/N=C(C)/C(=N\OC)C(=O)OC. The first-order chi connectivity index (χ1) is 6.17. The summed E-state index contributed by atoms with van der Waals surface area (Å²) in [4.78, 5) is 20.0. The summed E-state index contributed by atoms with van der Waals surface area (Å²) in [5, 5.41) is 6.96. The molecule has 0 aromatic heterocycles. The Kier molecular flexibility index (Phi) is 5.25. The van der Waals surface area contributed by atoms with E-state index in [0.29, 0.717) is 0 Å². The summed E-state index contributed by atoms with van der Waals surface area (Å²) in [6.07, 6.45) is 0. The summed E-state index contributed by atoms with van der Waals surface area (Å²) < 4.78 is 4.45. The average Bonchev–Trinajstić information content (AvgIpc) is 2.13. The van der Waals surface area contributed by atoms with Gasteiger partial charge in [-0.1, -0.05) is 10.3 Å². The van der Waals surface area contributed by atoms with Crippen molar-refractivity contribution in [3.05, 3.63) is 0 Å². The number of oxime groups is 2. The van der Waals surface area contributed by atoms with Crippen molar-refractivity contribution < 1.29 is 19.2 Å². The molecule has 0 aliphatic rings. The van der Waals surface area contributed by atoms with Gasteiger partial charge < -0.3 is 14.4 Å². The van der Waals surface area contributed by atoms with Crippen molar-refractivity contribution in [2.75, 3.05) is 21.3 Å². The van der Waals surface area contributed by atoms with Crippen LogP contribution in [0.2, 0.25) is 0 Å². The molecule has 0 atom stereocenters. The first-order valence-electron chi connectivity index (χ1n) is 3.45. The van der Waals surface area contributed by atoms with Crippen LogP contribution in [-0.2, 0) is 19.2 Å². The second-order valence-corrected chi connectivity index (χ2v) is 1.97. The Hall–Kier alpha value is -1.59. The predicted molar refractivity (Wildman–Crippen MR) is 46.6 cm³/mol. The van der Waals surface area contributed by atoms with E-state index in [1.54, 1.807) is 6.92 Å². The average molecular weight is 188 g/mol. The van der Waals surface area contributed by atoms with E-state index in [1.165, 1.54) is 21.3 Å². The fourth-order valence-electron chi connectivity index (χ4n) is 0.619. The predicted octanol–water partition coefficient (Wildman–Crippen LogP) is 0.184. The molecule has 0 aromatic rings. The summed E-state index contributed by atoms with van der Waals surface area (Å²) in [6, 6.07) is 0. The quantitative estimate of drug-likeness (QED) is 0.358. The van der Waals surface area contributed by atoms with Crippen LogP contribution in [0.3, 0.4) is 0 Å². The Labute approximate surface area is 76.1 Å². The summed E-state index contributed by atoms with van der Waals surface area (Å²) in [7, 11) is 3.93. The van der Waals surface area contributed by atoms with Crippen molar-refractivity contribution in [3.8, 4) is 0 Å². The van der Waals surface area contributed by atoms with Gasteiger partial charge in [-0.2, -0.15) is 0 Å². The van der Waals surface area contributed by atoms with Crippen LogP contribution in [0.1, 0.15) is 6.92 Å². The maximum Gasteiger partial charge on any atom is 0.362 e. The first kappa shape index (κ1) is 11.4. The lowest BCUT2D eigenvalue weighted by Crippen LogP contribution is -2.23. The highest BCUT2D eigenvalue weighted by molar-refractivity contribution is 6.65. The molecular weight excluding hydrogens is 176 g/mol. The van der Waals surface area contributed by atoms with E-state index in [2.05, 4.69) is 24.7 Å². The van der Waals surface area contributed by atoms with Crippen molar-refractivity contribution >= 4 is 17.4 Å². The van der Waals surface area contributed by atoms with Crippen LogP contribution in [-0.4, -0.2) is 38.7 Å². The second-order valence-electron chi connectivity index (χ2n) is 1.97. The third kappa shape index (κ3) is 3.55. The molecule has 0 saturated carbocycles. The fraction of sp³-hybridized carbons (Fsp3) is 0.571. The summed E-state index contributed by atoms with van der Waals surface area (Å²) in [5.74, 6) is -0.625. The highest BCUT2D eigenvalue weighted by Gasteiger charge is 2.16. The van der Waals surface area contributed by atoms with Gasteiger partial charge in [0.2, 0.25) is 5.71 Å². The van der Waals surface area contributed by atoms with Gasteiger partial charge in [-0.25, -0.2) is 4.79 Å². The lowest BCUT2D eigenvalue weighted by molar-refractivity contribution is -0.132. The Morgan fingerprint density at radius 3 is 2.00 bits per heavy atom. The maximum atomic E-state index is 11.0. The van der Waals surface area contributed by atoms with Crippen molar-refractivity contribution in [2.24, 2.45) is 10.3 Å². The van der Waals surface area contributed by atoms with Crippen LogP contribution in [0.4, 0.5) is 0 Å². The molecule has 0 unspecified atom stereocenters. The Bertz CT molecular complexity index is 235. The van der Waals surface area contributed by atoms with Crippen LogP contribution >= 0.6 is 0 Å². The van der Waals surface area contributed by atoms with Gasteiger partial charge in [0, 0.05) is 0 Å². The number of esters is 1. The molecule has 0 heterocycles. The molecule has 0 aliphatic heterocycles. The zero-order chi connectivity index (χ0) is 10.3. The molecule has 0 N–H and O–H groups in total. The highest BCUT2D eigenvalue weighted by Crippen LogP contribution is 1.90. The summed E-state index contributed by atoms with van der Waals surface area (Å²) in [6.45, 7) is 1.55. The number of hydrogen-bond acceptors (Lipinski definition) is 6. The van der Waals surface area contributed by atoms with Crippen LogP contribution in [0.25, 0.3) is 0 Å². The molecule has 6 nitrogen and oxygen atoms in total. The van der Waals surface area contributed by atoms with Gasteiger partial charge in [0.1, 0.15) is 19.9 Å². The minimum Gasteiger partial charge on any atom is -0.464 e. The van der Waals surface area contributed by atoms with Gasteiger partial charge in [0.25, 0.3) is 0 Å². The molecule has 6 heteroatoms. The van der Waals surface area contributed by atoms with Gasteiger partial charge in [-0.3, -0.25) is 0 Å². The van der Waals surface area contributed by atoms with E-state index in [1.807, 2.05) is 0 Å². The van der Waals surface area contributed by atoms with Crippen molar-refractivity contribution in [1.82, 2.24) is 0 Å². The minimum absolute atomic E-state index is 0.0214. The molecular formula is C7H12N2O4. The number of ether oxygens (including phenoxy) is 1. The first-order valence-corrected chi connectivity index (χ1v) is 3.45. The molecule has 0 fully saturated rings. The van der Waals surface area contributed by atoms with E-state index >= 15 is 0 Å². The lowest BCUT2D eigenvalue weighted by Gasteiger charge is -2.01. The van der Waals surface area contributed by atoms with E-state index in [4.69, 9.17) is 0 Å². The topological polar surface area (TPSA) is 69.5 Å². The molecule has 0 radical (unpaired) electrons. The number of methoxy groups -OCH3 is 1. The monoisotopic (exact) mass is 188 g/mol. The lowest BCUT2D eigenvalue weighted by atomic mass is 10.2. The fourth-order valence-corrected chi connectivity index (χ4v) is 0.619. The molecule has 0 bridgehead atoms. The molecule has 0 spiro atoms. The van der Waals surface area contributed by atoms with Gasteiger partial charge in [0.05, 0.1) is 7.11 Å². The summed E-state index contributed by atoms with van der Waals surface area (Å²) >= 11 is 0. The number of rotatable bonds is 4. The van der Waals surface area contributed by atoms with Crippen molar-refractivity contribution in [3.63, 3.8) is 0 Å². The zero-order valence-electron chi connectivity index (χ0n) is 8.03. The van der Waals surface area contributed by atoms with Gasteiger partial charge >= 0.3 is 5.97 Å². The van der Waals surface area contributed by atoms with Crippen LogP contribution in [0.5, 0.6) is 0 Å². The van der Waals surface area contributed by atoms with Crippen LogP contribution < -0.4 is 0 Å². The van der Waals surface area contributed by atoms with Gasteiger partial charge in [0.15, 0.2) is 0 Å². The molecule has 0 aliphatic carbocycles. The largest absolute Gasteiger partial charge is 0.464 e. The molecule has 74 valence electrons. The van der Waals surface area contributed by atoms with Crippen molar-refractivity contribution in [2.45, 2.75) is 6.92 Å². The van der Waals surface area contributed by atoms with Crippen molar-refractivity contribution in [1.29, 1.82) is 0 Å². The maximum absolute atomic E-state index is 11.0. The van der Waals surface area contributed by atoms with Crippen LogP contribution in [0, 0.1) is 0 Å². The molecule has 13 heavy (non-hydrogen) atoms. The third-order valence-corrected chi connectivity index (χ3v) is 1.13. The number of carbonyl (C=O) groups excluding carboxylic acids is 1. The molecule has 0 aromatic carbocycles. The van der Waals surface area contributed by atoms with E-state index in [-0.39, 0.29) is 11.4 Å². The smallest absolute Gasteiger partial charge is 0.362 e. The third-order valence-electron chi connectivity index (χ3n) is 1.13. The van der Waals surface area contributed by atoms with Crippen LogP contribution in [0.15, 0.2) is 10.3 Å². The van der Waals surface area contributed by atoms with E-state index in [9.17, 15) is 4.79 Å². The number of hydrogen-bond donors (Lipinski definition) is 0. The van der Waals surface area contributed by atoms with Gasteiger partial charge in [-0.05, 0) is 6.92 Å². The Balaban J connectivity index is 4.72. The highest BCUT2D eigenvalue weighted by atomic mass is 16.6. The summed E-state index contributed by atoms with van der Waals surface area (Å²) in [5.41, 5.74) is 0.267. The Morgan fingerprint density at radius 1 is 1.08 bits per heavy atom. The molecule has 0 rings (SSSR count). The minimum atomic E-state index is -0.625. The Morgan fingerprint density at radius 2 is 1.62 bits per heavy atom. The number of nitrogens with zero attached hydrogens (tertiary/aromatic N) is 2. The standard InChI is InChI=1S/C7H12N2O4/c1-5(8-12-3)6(9-13-4)7(10)11-2/h1-4H3/b8-5+,9-6+. The normalized spacial score (nSPS) is 12.3. The molecule has 0 amide bonds. The van der Waals surface area contributed by atoms with E-state index < -0.39 is 5.97 Å². The number of carbonyl (C=O) groups is 1. The zero-order valence-corrected chi connectivity index (χ0v) is 8.03. The second kappa shape index (κ2) is 5.99. The van der Waals surface area contributed by atoms with Gasteiger partial charge in [-0.15, -0.1) is 0 Å². The van der Waals surface area contributed by atoms with E-state index in [0.717, 1.165) is 0 Å². The molecule has 0 saturated heterocycles.